The Bertz CT molecular complexity index is 356. The van der Waals surface area contributed by atoms with Crippen LogP contribution < -0.4 is 14.7 Å². The molecular weight excluding hydrogens is 218 g/mol. The highest BCUT2D eigenvalue weighted by Gasteiger charge is 2.08. The molecule has 0 aliphatic rings. The van der Waals surface area contributed by atoms with E-state index in [2.05, 4.69) is 4.18 Å². The molecule has 1 aromatic carbocycles. The van der Waals surface area contributed by atoms with Gasteiger partial charge in [-0.25, -0.2) is 0 Å². The lowest BCUT2D eigenvalue weighted by Crippen LogP contribution is -2.02. The number of ether oxygens (including phenoxy) is 1. The third kappa shape index (κ3) is 3.77. The van der Waals surface area contributed by atoms with E-state index in [9.17, 15) is 4.21 Å². The van der Waals surface area contributed by atoms with Crippen LogP contribution >= 0.6 is 0 Å². The van der Waals surface area contributed by atoms with Crippen LogP contribution in [0.3, 0.4) is 0 Å². The highest BCUT2D eigenvalue weighted by molar-refractivity contribution is 7.74. The maximum atomic E-state index is 10.5. The number of nitrogen functional groups attached to an aromatic ring is 1. The van der Waals surface area contributed by atoms with Crippen molar-refractivity contribution in [3.63, 3.8) is 0 Å². The largest absolute Gasteiger partial charge is 0.490 e. The number of benzene rings is 1. The zero-order valence-electron chi connectivity index (χ0n) is 8.30. The van der Waals surface area contributed by atoms with Crippen molar-refractivity contribution in [3.8, 4) is 11.5 Å². The first kappa shape index (κ1) is 11.8. The van der Waals surface area contributed by atoms with Gasteiger partial charge in [0.2, 0.25) is 0 Å². The summed E-state index contributed by atoms with van der Waals surface area (Å²) in [4.78, 5) is 0. The van der Waals surface area contributed by atoms with E-state index < -0.39 is 11.4 Å². The molecular formula is C9H13NO4S. The van der Waals surface area contributed by atoms with Crippen molar-refractivity contribution in [2.75, 3.05) is 12.3 Å². The summed E-state index contributed by atoms with van der Waals surface area (Å²) in [5, 5.41) is 0. The van der Waals surface area contributed by atoms with Crippen LogP contribution in [0.2, 0.25) is 0 Å². The van der Waals surface area contributed by atoms with Crippen LogP contribution in [0.25, 0.3) is 0 Å². The molecule has 0 fully saturated rings. The average molecular weight is 231 g/mol. The number of hydrogen-bond acceptors (Lipinski definition) is 4. The van der Waals surface area contributed by atoms with Gasteiger partial charge in [0.05, 0.1) is 6.61 Å². The second-order valence-corrected chi connectivity index (χ2v) is 3.46. The van der Waals surface area contributed by atoms with E-state index in [0.29, 0.717) is 18.0 Å². The average Bonchev–Trinajstić information content (AvgIpc) is 2.16. The number of hydrogen-bond donors (Lipinski definition) is 2. The molecule has 3 N–H and O–H groups in total. The quantitative estimate of drug-likeness (QED) is 0.593. The monoisotopic (exact) mass is 231 g/mol. The van der Waals surface area contributed by atoms with Crippen molar-refractivity contribution < 1.29 is 17.7 Å². The van der Waals surface area contributed by atoms with Crippen LogP contribution in [0.1, 0.15) is 13.3 Å². The second-order valence-electron chi connectivity index (χ2n) is 2.86. The van der Waals surface area contributed by atoms with Gasteiger partial charge in [0.25, 0.3) is 0 Å². The van der Waals surface area contributed by atoms with Crippen molar-refractivity contribution in [1.82, 2.24) is 0 Å². The van der Waals surface area contributed by atoms with Gasteiger partial charge in [-0.15, -0.1) is 0 Å². The van der Waals surface area contributed by atoms with E-state index in [-0.39, 0.29) is 5.75 Å². The Morgan fingerprint density at radius 2 is 2.20 bits per heavy atom. The molecule has 0 radical (unpaired) electrons. The summed E-state index contributed by atoms with van der Waals surface area (Å²) >= 11 is -2.38. The molecule has 0 spiro atoms. The normalized spacial score (nSPS) is 12.1. The lowest BCUT2D eigenvalue weighted by molar-refractivity contribution is 0.306. The van der Waals surface area contributed by atoms with Gasteiger partial charge in [0.1, 0.15) is 0 Å². The summed E-state index contributed by atoms with van der Waals surface area (Å²) < 4.78 is 29.1. The first-order valence-electron chi connectivity index (χ1n) is 4.45. The first-order chi connectivity index (χ1) is 7.13. The van der Waals surface area contributed by atoms with Gasteiger partial charge in [-0.05, 0) is 18.6 Å². The molecule has 0 heterocycles. The number of rotatable bonds is 5. The van der Waals surface area contributed by atoms with Crippen LogP contribution in [-0.4, -0.2) is 15.4 Å². The molecule has 5 nitrogen and oxygen atoms in total. The molecule has 84 valence electrons. The van der Waals surface area contributed by atoms with Crippen LogP contribution in [-0.2, 0) is 11.4 Å². The summed E-state index contributed by atoms with van der Waals surface area (Å²) in [6.45, 7) is 2.47. The van der Waals surface area contributed by atoms with Crippen molar-refractivity contribution in [2.24, 2.45) is 0 Å². The number of anilines is 1. The van der Waals surface area contributed by atoms with Crippen LogP contribution in [0.15, 0.2) is 18.2 Å². The molecule has 1 rings (SSSR count). The van der Waals surface area contributed by atoms with E-state index >= 15 is 0 Å². The van der Waals surface area contributed by atoms with Crippen molar-refractivity contribution in [3.05, 3.63) is 18.2 Å². The highest BCUT2D eigenvalue weighted by Crippen LogP contribution is 2.29. The van der Waals surface area contributed by atoms with Crippen LogP contribution in [0, 0.1) is 0 Å². The van der Waals surface area contributed by atoms with Crippen molar-refractivity contribution in [2.45, 2.75) is 13.3 Å². The molecule has 0 amide bonds. The fraction of sp³-hybridized carbons (Fsp3) is 0.333. The van der Waals surface area contributed by atoms with E-state index in [1.165, 1.54) is 6.07 Å². The Balaban J connectivity index is 2.87. The summed E-state index contributed by atoms with van der Waals surface area (Å²) in [6, 6.07) is 4.68. The van der Waals surface area contributed by atoms with E-state index in [0.717, 1.165) is 6.42 Å². The molecule has 1 aromatic rings. The van der Waals surface area contributed by atoms with Crippen LogP contribution in [0.4, 0.5) is 5.69 Å². The van der Waals surface area contributed by atoms with Gasteiger partial charge in [-0.2, -0.15) is 4.21 Å². The minimum Gasteiger partial charge on any atom is -0.490 e. The molecule has 1 unspecified atom stereocenters. The lowest BCUT2D eigenvalue weighted by atomic mass is 10.3. The first-order valence-corrected chi connectivity index (χ1v) is 5.48. The minimum absolute atomic E-state index is 0.171. The fourth-order valence-electron chi connectivity index (χ4n) is 0.998. The Hall–Kier alpha value is -1.27. The molecule has 1 atom stereocenters. The Morgan fingerprint density at radius 1 is 1.47 bits per heavy atom. The fourth-order valence-corrected chi connectivity index (χ4v) is 1.28. The van der Waals surface area contributed by atoms with Gasteiger partial charge in [0.15, 0.2) is 11.5 Å². The zero-order valence-corrected chi connectivity index (χ0v) is 9.12. The van der Waals surface area contributed by atoms with Gasteiger partial charge < -0.3 is 14.7 Å². The standard InChI is InChI=1S/C9H13NO4S/c1-2-5-13-8-4-3-7(10)6-9(8)14-15(11)12/h3-4,6H,2,5,10H2,1H3,(H,11,12). The smallest absolute Gasteiger partial charge is 0.357 e. The van der Waals surface area contributed by atoms with Gasteiger partial charge in [0, 0.05) is 11.8 Å². The lowest BCUT2D eigenvalue weighted by Gasteiger charge is -2.09. The molecule has 0 bridgehead atoms. The predicted octanol–water partition coefficient (Wildman–Crippen LogP) is 1.57. The van der Waals surface area contributed by atoms with E-state index in [4.69, 9.17) is 15.0 Å². The molecule has 0 aromatic heterocycles. The van der Waals surface area contributed by atoms with Gasteiger partial charge >= 0.3 is 11.4 Å². The highest BCUT2D eigenvalue weighted by atomic mass is 32.2. The Labute approximate surface area is 90.7 Å². The Kier molecular flexibility index (Phi) is 4.38. The summed E-state index contributed by atoms with van der Waals surface area (Å²) in [7, 11) is 0. The van der Waals surface area contributed by atoms with E-state index in [1.807, 2.05) is 6.92 Å². The summed E-state index contributed by atoms with van der Waals surface area (Å²) in [5.74, 6) is 0.581. The molecule has 15 heavy (non-hydrogen) atoms. The van der Waals surface area contributed by atoms with E-state index in [1.54, 1.807) is 12.1 Å². The molecule has 0 saturated heterocycles. The van der Waals surface area contributed by atoms with Crippen molar-refractivity contribution >= 4 is 17.0 Å². The van der Waals surface area contributed by atoms with Gasteiger partial charge in [-0.3, -0.25) is 4.55 Å². The molecule has 0 aliphatic carbocycles. The summed E-state index contributed by atoms with van der Waals surface area (Å²) in [6.07, 6.45) is 0.839. The topological polar surface area (TPSA) is 81.8 Å². The third-order valence-electron chi connectivity index (χ3n) is 1.59. The third-order valence-corrected chi connectivity index (χ3v) is 1.91. The predicted molar refractivity (Wildman–Crippen MR) is 58.0 cm³/mol. The molecule has 0 saturated carbocycles. The Morgan fingerprint density at radius 3 is 2.80 bits per heavy atom. The maximum absolute atomic E-state index is 10.5. The zero-order chi connectivity index (χ0) is 11.3. The van der Waals surface area contributed by atoms with Gasteiger partial charge in [-0.1, -0.05) is 6.92 Å². The molecule has 6 heteroatoms. The summed E-state index contributed by atoms with van der Waals surface area (Å²) in [5.41, 5.74) is 5.96. The number of nitrogens with two attached hydrogens (primary N) is 1. The SMILES string of the molecule is CCCOc1ccc(N)cc1OS(=O)O. The van der Waals surface area contributed by atoms with Crippen molar-refractivity contribution in [1.29, 1.82) is 0 Å². The molecule has 0 aliphatic heterocycles. The minimum atomic E-state index is -2.38. The van der Waals surface area contributed by atoms with Crippen LogP contribution in [0.5, 0.6) is 11.5 Å². The maximum Gasteiger partial charge on any atom is 0.357 e. The second kappa shape index (κ2) is 5.57.